The van der Waals surface area contributed by atoms with Gasteiger partial charge in [0, 0.05) is 20.5 Å². The molecule has 1 saturated heterocycles. The molecule has 2 rings (SSSR count). The second-order valence-electron chi connectivity index (χ2n) is 5.30. The number of aliphatic hydroxyl groups excluding tert-OH is 2. The predicted octanol–water partition coefficient (Wildman–Crippen LogP) is -1.25. The Morgan fingerprint density at radius 1 is 1.55 bits per heavy atom. The molecule has 0 amide bonds. The first-order valence-corrected chi connectivity index (χ1v) is 6.99. The van der Waals surface area contributed by atoms with Crippen LogP contribution in [0.15, 0.2) is 15.0 Å². The van der Waals surface area contributed by atoms with Gasteiger partial charge < -0.3 is 24.7 Å². The fourth-order valence-corrected chi connectivity index (χ4v) is 2.33. The molecule has 0 radical (unpaired) electrons. The van der Waals surface area contributed by atoms with Gasteiger partial charge in [-0.3, -0.25) is 9.98 Å². The van der Waals surface area contributed by atoms with E-state index >= 15 is 0 Å². The normalized spacial score (nSPS) is 37.2. The van der Waals surface area contributed by atoms with E-state index in [-0.39, 0.29) is 19.4 Å². The number of terminal acetylenes is 1. The molecule has 8 nitrogen and oxygen atoms in total. The zero-order valence-electron chi connectivity index (χ0n) is 12.7. The fourth-order valence-electron chi connectivity index (χ4n) is 2.33. The standard InChI is InChI=1S/C14H21N5O3/c1-4-11-13(18(2)3)16-7-15-8-19(9-17-11)14-12(21)5-10(6-20)22-14/h1,7,9-12,14,20-21H,5-6,8H2,2-3H3/b15-7-,16-13+,17-9-/t10-,11?,12+,14+/m0/s1. The van der Waals surface area contributed by atoms with E-state index < -0.39 is 18.4 Å². The van der Waals surface area contributed by atoms with E-state index in [1.165, 1.54) is 12.7 Å². The molecule has 22 heavy (non-hydrogen) atoms. The van der Waals surface area contributed by atoms with Crippen LogP contribution in [0.25, 0.3) is 0 Å². The van der Waals surface area contributed by atoms with Crippen molar-refractivity contribution in [1.82, 2.24) is 9.80 Å². The number of hydrogen-bond acceptors (Lipinski definition) is 8. The Morgan fingerprint density at radius 3 is 2.91 bits per heavy atom. The lowest BCUT2D eigenvalue weighted by Crippen LogP contribution is -2.41. The van der Waals surface area contributed by atoms with Crippen molar-refractivity contribution in [3.05, 3.63) is 0 Å². The number of ether oxygens (including phenoxy) is 1. The summed E-state index contributed by atoms with van der Waals surface area (Å²) in [5.41, 5.74) is 0. The summed E-state index contributed by atoms with van der Waals surface area (Å²) in [6.45, 7) is 0.0908. The lowest BCUT2D eigenvalue weighted by atomic mass is 10.2. The Hall–Kier alpha value is -1.95. The first kappa shape index (κ1) is 16.4. The Kier molecular flexibility index (Phi) is 5.49. The summed E-state index contributed by atoms with van der Waals surface area (Å²) in [6.07, 6.45) is 7.12. The molecular weight excluding hydrogens is 286 g/mol. The molecule has 0 saturated carbocycles. The zero-order valence-corrected chi connectivity index (χ0v) is 12.7. The van der Waals surface area contributed by atoms with Gasteiger partial charge in [-0.2, -0.15) is 0 Å². The third-order valence-electron chi connectivity index (χ3n) is 3.44. The lowest BCUT2D eigenvalue weighted by Gasteiger charge is -2.27. The second-order valence-corrected chi connectivity index (χ2v) is 5.30. The molecule has 2 aliphatic rings. The highest BCUT2D eigenvalue weighted by Gasteiger charge is 2.37. The van der Waals surface area contributed by atoms with Crippen molar-refractivity contribution < 1.29 is 14.9 Å². The summed E-state index contributed by atoms with van der Waals surface area (Å²) in [4.78, 5) is 16.2. The van der Waals surface area contributed by atoms with Gasteiger partial charge in [0.25, 0.3) is 0 Å². The highest BCUT2D eigenvalue weighted by molar-refractivity contribution is 5.95. The molecular formula is C14H21N5O3. The number of aliphatic hydroxyl groups is 2. The largest absolute Gasteiger partial charge is 0.394 e. The van der Waals surface area contributed by atoms with E-state index in [2.05, 4.69) is 20.9 Å². The van der Waals surface area contributed by atoms with Gasteiger partial charge in [-0.1, -0.05) is 5.92 Å². The first-order chi connectivity index (χ1) is 10.6. The van der Waals surface area contributed by atoms with Crippen molar-refractivity contribution in [2.24, 2.45) is 15.0 Å². The van der Waals surface area contributed by atoms with E-state index in [0.717, 1.165) is 0 Å². The van der Waals surface area contributed by atoms with E-state index in [0.29, 0.717) is 12.3 Å². The quantitative estimate of drug-likeness (QED) is 0.622. The zero-order chi connectivity index (χ0) is 16.1. The molecule has 0 spiro atoms. The fraction of sp³-hybridized carbons (Fsp3) is 0.643. The van der Waals surface area contributed by atoms with Gasteiger partial charge in [0.15, 0.2) is 12.3 Å². The maximum absolute atomic E-state index is 10.1. The molecule has 0 bridgehead atoms. The molecule has 1 unspecified atom stereocenters. The monoisotopic (exact) mass is 307 g/mol. The van der Waals surface area contributed by atoms with Crippen LogP contribution in [0.4, 0.5) is 0 Å². The van der Waals surface area contributed by atoms with Crippen LogP contribution >= 0.6 is 0 Å². The van der Waals surface area contributed by atoms with Gasteiger partial charge in [-0.05, 0) is 0 Å². The minimum atomic E-state index is -0.724. The number of likely N-dealkylation sites (N-methyl/N-ethyl adjacent to an activating group) is 1. The van der Waals surface area contributed by atoms with Crippen molar-refractivity contribution in [3.8, 4) is 12.3 Å². The smallest absolute Gasteiger partial charge is 0.169 e. The van der Waals surface area contributed by atoms with Crippen LogP contribution in [0.1, 0.15) is 6.42 Å². The summed E-state index contributed by atoms with van der Waals surface area (Å²) >= 11 is 0. The summed E-state index contributed by atoms with van der Waals surface area (Å²) in [6, 6.07) is -0.547. The molecule has 120 valence electrons. The maximum Gasteiger partial charge on any atom is 0.169 e. The Morgan fingerprint density at radius 2 is 2.32 bits per heavy atom. The van der Waals surface area contributed by atoms with Gasteiger partial charge in [0.2, 0.25) is 0 Å². The van der Waals surface area contributed by atoms with E-state index in [4.69, 9.17) is 16.3 Å². The first-order valence-electron chi connectivity index (χ1n) is 6.99. The van der Waals surface area contributed by atoms with Crippen LogP contribution in [0.2, 0.25) is 0 Å². The van der Waals surface area contributed by atoms with Crippen molar-refractivity contribution in [3.63, 3.8) is 0 Å². The van der Waals surface area contributed by atoms with Crippen LogP contribution in [0.5, 0.6) is 0 Å². The molecule has 0 aromatic carbocycles. The van der Waals surface area contributed by atoms with Crippen LogP contribution in [-0.4, -0.2) is 90.4 Å². The van der Waals surface area contributed by atoms with Gasteiger partial charge in [0.05, 0.1) is 19.0 Å². The molecule has 1 fully saturated rings. The van der Waals surface area contributed by atoms with Gasteiger partial charge in [0.1, 0.15) is 24.9 Å². The highest BCUT2D eigenvalue weighted by Crippen LogP contribution is 2.22. The van der Waals surface area contributed by atoms with Gasteiger partial charge >= 0.3 is 0 Å². The highest BCUT2D eigenvalue weighted by atomic mass is 16.5. The van der Waals surface area contributed by atoms with Crippen LogP contribution in [0, 0.1) is 12.3 Å². The molecule has 4 atom stereocenters. The SMILES string of the molecule is C#CC1/N=C\N([C@@H]2O[C@H](CO)C[C@H]2O)C/N=C\N=C/1N(C)C. The van der Waals surface area contributed by atoms with E-state index in [1.807, 2.05) is 14.1 Å². The summed E-state index contributed by atoms with van der Waals surface area (Å²) in [7, 11) is 3.66. The van der Waals surface area contributed by atoms with Gasteiger partial charge in [-0.25, -0.2) is 4.99 Å². The van der Waals surface area contributed by atoms with Crippen LogP contribution in [0.3, 0.4) is 0 Å². The number of aliphatic imine (C=N–C) groups is 3. The minimum absolute atomic E-state index is 0.136. The van der Waals surface area contributed by atoms with Crippen molar-refractivity contribution in [2.45, 2.75) is 30.9 Å². The molecule has 2 N–H and O–H groups in total. The summed E-state index contributed by atoms with van der Waals surface area (Å²) < 4.78 is 5.60. The van der Waals surface area contributed by atoms with E-state index in [9.17, 15) is 5.11 Å². The number of rotatable bonds is 2. The minimum Gasteiger partial charge on any atom is -0.394 e. The Bertz CT molecular complexity index is 511. The summed E-state index contributed by atoms with van der Waals surface area (Å²) in [5.74, 6) is 3.17. The topological polar surface area (TPSA) is 93.2 Å². The molecule has 2 aliphatic heterocycles. The van der Waals surface area contributed by atoms with Crippen molar-refractivity contribution >= 4 is 18.5 Å². The molecule has 0 aliphatic carbocycles. The molecule has 0 aromatic rings. The average Bonchev–Trinajstić information content (AvgIpc) is 2.91. The Balaban J connectivity index is 2.19. The van der Waals surface area contributed by atoms with Crippen molar-refractivity contribution in [1.29, 1.82) is 0 Å². The average molecular weight is 307 g/mol. The van der Waals surface area contributed by atoms with Gasteiger partial charge in [-0.15, -0.1) is 6.42 Å². The van der Waals surface area contributed by atoms with Crippen molar-refractivity contribution in [2.75, 3.05) is 27.4 Å². The summed E-state index contributed by atoms with van der Waals surface area (Å²) in [5, 5.41) is 19.2. The van der Waals surface area contributed by atoms with E-state index in [1.54, 1.807) is 9.80 Å². The molecule has 8 heteroatoms. The van der Waals surface area contributed by atoms with Crippen LogP contribution < -0.4 is 0 Å². The number of hydrogen-bond donors (Lipinski definition) is 2. The number of nitrogens with zero attached hydrogens (tertiary/aromatic N) is 5. The second kappa shape index (κ2) is 7.35. The number of amidine groups is 1. The molecule has 2 heterocycles. The predicted molar refractivity (Wildman–Crippen MR) is 83.8 cm³/mol. The van der Waals surface area contributed by atoms with Crippen LogP contribution in [-0.2, 0) is 4.74 Å². The Labute approximate surface area is 129 Å². The third-order valence-corrected chi connectivity index (χ3v) is 3.44. The lowest BCUT2D eigenvalue weighted by molar-refractivity contribution is -0.0681. The molecule has 0 aromatic heterocycles. The maximum atomic E-state index is 10.1. The third kappa shape index (κ3) is 3.62.